The molecule has 2 heterocycles. The molecule has 0 aliphatic carbocycles. The summed E-state index contributed by atoms with van der Waals surface area (Å²) in [7, 11) is -3.16. The maximum Gasteiger partial charge on any atom is 0.322 e. The number of aryl methyl sites for hydroxylation is 2. The second-order valence-corrected chi connectivity index (χ2v) is 9.94. The van der Waals surface area contributed by atoms with Crippen LogP contribution in [0.3, 0.4) is 0 Å². The van der Waals surface area contributed by atoms with Gasteiger partial charge in [0.05, 0.1) is 12.9 Å². The van der Waals surface area contributed by atoms with Gasteiger partial charge < -0.3 is 9.47 Å². The van der Waals surface area contributed by atoms with Gasteiger partial charge in [-0.1, -0.05) is 18.2 Å². The first-order chi connectivity index (χ1) is 15.4. The van der Waals surface area contributed by atoms with Crippen LogP contribution in [0.5, 0.6) is 17.5 Å². The summed E-state index contributed by atoms with van der Waals surface area (Å²) in [6, 6.07) is 16.0. The molecule has 8 heteroatoms. The highest BCUT2D eigenvalue weighted by atomic mass is 32.2. The zero-order valence-electron chi connectivity index (χ0n) is 18.3. The number of fused-ring (bicyclic) bond motifs is 1. The Bertz CT molecular complexity index is 1180. The summed E-state index contributed by atoms with van der Waals surface area (Å²) in [5.74, 6) is 1.54. The number of hydrogen-bond donors (Lipinski definition) is 0. The number of nitrogens with zero attached hydrogens (tertiary/aromatic N) is 3. The van der Waals surface area contributed by atoms with Crippen molar-refractivity contribution in [2.75, 3.05) is 19.4 Å². The fourth-order valence-corrected chi connectivity index (χ4v) is 4.44. The van der Waals surface area contributed by atoms with E-state index >= 15 is 0 Å². The van der Waals surface area contributed by atoms with E-state index in [-0.39, 0.29) is 0 Å². The Labute approximate surface area is 189 Å². The van der Waals surface area contributed by atoms with Gasteiger partial charge in [-0.3, -0.25) is 0 Å². The van der Waals surface area contributed by atoms with Crippen molar-refractivity contribution in [1.82, 2.24) is 14.3 Å². The molecule has 1 aromatic heterocycles. The molecule has 0 atom stereocenters. The van der Waals surface area contributed by atoms with Crippen molar-refractivity contribution in [1.29, 1.82) is 0 Å². The van der Waals surface area contributed by atoms with Gasteiger partial charge in [0.2, 0.25) is 10.0 Å². The van der Waals surface area contributed by atoms with E-state index in [1.165, 1.54) is 16.1 Å². The van der Waals surface area contributed by atoms with Crippen LogP contribution < -0.4 is 9.47 Å². The van der Waals surface area contributed by atoms with E-state index in [0.717, 1.165) is 35.4 Å². The maximum absolute atomic E-state index is 11.8. The number of ether oxygens (including phenoxy) is 2. The van der Waals surface area contributed by atoms with Gasteiger partial charge in [0, 0.05) is 25.0 Å². The Balaban J connectivity index is 1.24. The van der Waals surface area contributed by atoms with Gasteiger partial charge in [-0.15, -0.1) is 0 Å². The Morgan fingerprint density at radius 1 is 1.03 bits per heavy atom. The molecular weight excluding hydrogens is 426 g/mol. The van der Waals surface area contributed by atoms with Crippen molar-refractivity contribution in [2.24, 2.45) is 0 Å². The minimum atomic E-state index is -3.16. The molecule has 32 heavy (non-hydrogen) atoms. The van der Waals surface area contributed by atoms with E-state index in [4.69, 9.17) is 9.47 Å². The molecule has 0 radical (unpaired) electrons. The van der Waals surface area contributed by atoms with Crippen molar-refractivity contribution < 1.29 is 17.9 Å². The van der Waals surface area contributed by atoms with Crippen molar-refractivity contribution in [3.05, 3.63) is 77.1 Å². The quantitative estimate of drug-likeness (QED) is 0.481. The summed E-state index contributed by atoms with van der Waals surface area (Å²) in [6.45, 7) is 3.47. The third-order valence-corrected chi connectivity index (χ3v) is 6.66. The summed E-state index contributed by atoms with van der Waals surface area (Å²) in [4.78, 5) is 8.35. The Morgan fingerprint density at radius 2 is 1.81 bits per heavy atom. The average Bonchev–Trinajstić information content (AvgIpc) is 2.77. The van der Waals surface area contributed by atoms with Gasteiger partial charge in [0.15, 0.2) is 0 Å². The maximum atomic E-state index is 11.8. The molecule has 3 aromatic rings. The molecule has 0 saturated heterocycles. The predicted octanol–water partition coefficient (Wildman–Crippen LogP) is 3.91. The molecule has 0 amide bonds. The van der Waals surface area contributed by atoms with Gasteiger partial charge in [-0.2, -0.15) is 4.31 Å². The van der Waals surface area contributed by atoms with Crippen molar-refractivity contribution in [3.8, 4) is 17.5 Å². The van der Waals surface area contributed by atoms with Crippen LogP contribution in [0.1, 0.15) is 28.8 Å². The normalized spacial score (nSPS) is 14.1. The summed E-state index contributed by atoms with van der Waals surface area (Å²) >= 11 is 0. The van der Waals surface area contributed by atoms with Crippen LogP contribution in [-0.4, -0.2) is 42.1 Å². The number of benzene rings is 2. The first-order valence-electron chi connectivity index (χ1n) is 10.6. The minimum Gasteiger partial charge on any atom is -0.494 e. The summed E-state index contributed by atoms with van der Waals surface area (Å²) < 4.78 is 36.6. The van der Waals surface area contributed by atoms with Crippen LogP contribution in [0.15, 0.2) is 54.7 Å². The zero-order valence-corrected chi connectivity index (χ0v) is 19.1. The molecule has 0 bridgehead atoms. The Hall–Kier alpha value is -2.97. The van der Waals surface area contributed by atoms with Gasteiger partial charge in [-0.25, -0.2) is 18.4 Å². The summed E-state index contributed by atoms with van der Waals surface area (Å²) in [5.41, 5.74) is 4.28. The molecule has 0 saturated carbocycles. The van der Waals surface area contributed by atoms with E-state index in [2.05, 4.69) is 9.97 Å². The van der Waals surface area contributed by atoms with Crippen LogP contribution in [0.4, 0.5) is 0 Å². The monoisotopic (exact) mass is 453 g/mol. The number of aromatic nitrogens is 2. The molecule has 0 N–H and O–H groups in total. The lowest BCUT2D eigenvalue weighted by atomic mass is 10.0. The molecule has 0 unspecified atom stereocenters. The molecule has 1 aliphatic rings. The first kappa shape index (κ1) is 22.2. The Morgan fingerprint density at radius 3 is 2.56 bits per heavy atom. The van der Waals surface area contributed by atoms with Crippen LogP contribution in [0.25, 0.3) is 0 Å². The molecule has 7 nitrogen and oxygen atoms in total. The lowest BCUT2D eigenvalue weighted by Crippen LogP contribution is -2.35. The highest BCUT2D eigenvalue weighted by Crippen LogP contribution is 2.25. The topological polar surface area (TPSA) is 81.6 Å². The molecule has 0 fully saturated rings. The standard InChI is InChI=1S/C24H27N3O4S/c1-18-11-13-25-24(26-18)31-22-8-5-19(6-9-22)4-3-15-30-23-10-7-21-17-27(32(2,28)29)14-12-20(21)16-23/h5-11,13,16H,3-4,12,14-15,17H2,1-2H3. The second-order valence-electron chi connectivity index (χ2n) is 7.96. The Kier molecular flexibility index (Phi) is 6.72. The van der Waals surface area contributed by atoms with E-state index in [9.17, 15) is 8.42 Å². The number of hydrogen-bond acceptors (Lipinski definition) is 6. The van der Waals surface area contributed by atoms with Gasteiger partial charge in [0.25, 0.3) is 0 Å². The first-order valence-corrected chi connectivity index (χ1v) is 12.5. The molecule has 168 valence electrons. The van der Waals surface area contributed by atoms with Crippen LogP contribution in [-0.2, 0) is 29.4 Å². The zero-order chi connectivity index (χ0) is 22.6. The SMILES string of the molecule is Cc1ccnc(Oc2ccc(CCCOc3ccc4c(c3)CCN(S(C)(=O)=O)C4)cc2)n1. The average molecular weight is 454 g/mol. The molecule has 0 spiro atoms. The van der Waals surface area contributed by atoms with Gasteiger partial charge in [0.1, 0.15) is 11.5 Å². The van der Waals surface area contributed by atoms with Crippen LogP contribution in [0, 0.1) is 6.92 Å². The van der Waals surface area contributed by atoms with E-state index < -0.39 is 10.0 Å². The highest BCUT2D eigenvalue weighted by Gasteiger charge is 2.23. The smallest absolute Gasteiger partial charge is 0.322 e. The van der Waals surface area contributed by atoms with E-state index in [1.807, 2.05) is 55.5 Å². The van der Waals surface area contributed by atoms with Crippen molar-refractivity contribution in [2.45, 2.75) is 32.7 Å². The van der Waals surface area contributed by atoms with Crippen LogP contribution >= 0.6 is 0 Å². The second kappa shape index (κ2) is 9.67. The summed E-state index contributed by atoms with van der Waals surface area (Å²) in [5, 5.41) is 0. The van der Waals surface area contributed by atoms with Crippen molar-refractivity contribution in [3.63, 3.8) is 0 Å². The largest absolute Gasteiger partial charge is 0.494 e. The van der Waals surface area contributed by atoms with E-state index in [0.29, 0.717) is 37.9 Å². The lowest BCUT2D eigenvalue weighted by Gasteiger charge is -2.27. The third kappa shape index (κ3) is 5.83. The molecular formula is C24H27N3O4S. The molecule has 2 aromatic carbocycles. The van der Waals surface area contributed by atoms with Gasteiger partial charge in [-0.05, 0) is 73.2 Å². The predicted molar refractivity (Wildman–Crippen MR) is 123 cm³/mol. The summed E-state index contributed by atoms with van der Waals surface area (Å²) in [6.07, 6.45) is 5.44. The number of sulfonamides is 1. The van der Waals surface area contributed by atoms with Crippen LogP contribution in [0.2, 0.25) is 0 Å². The fourth-order valence-electron chi connectivity index (χ4n) is 3.65. The fraction of sp³-hybridized carbons (Fsp3) is 0.333. The number of rotatable bonds is 8. The highest BCUT2D eigenvalue weighted by molar-refractivity contribution is 7.88. The molecule has 4 rings (SSSR count). The van der Waals surface area contributed by atoms with Gasteiger partial charge >= 0.3 is 6.01 Å². The van der Waals surface area contributed by atoms with E-state index in [1.54, 1.807) is 6.20 Å². The van der Waals surface area contributed by atoms with Crippen molar-refractivity contribution >= 4 is 10.0 Å². The molecule has 1 aliphatic heterocycles. The lowest BCUT2D eigenvalue weighted by molar-refractivity contribution is 0.309. The minimum absolute atomic E-state index is 0.347. The third-order valence-electron chi connectivity index (χ3n) is 5.41.